The Labute approximate surface area is 194 Å². The monoisotopic (exact) mass is 449 g/mol. The summed E-state index contributed by atoms with van der Waals surface area (Å²) in [6.45, 7) is 0. The predicted octanol–water partition coefficient (Wildman–Crippen LogP) is 6.08. The zero-order valence-electron chi connectivity index (χ0n) is 18.9. The maximum atomic E-state index is 12.7. The maximum absolute atomic E-state index is 12.7. The van der Waals surface area contributed by atoms with Crippen LogP contribution in [-0.4, -0.2) is 33.7 Å². The Morgan fingerprint density at radius 3 is 1.88 bits per heavy atom. The van der Waals surface area contributed by atoms with Crippen molar-refractivity contribution in [1.82, 2.24) is 4.90 Å². The first-order valence-electron chi connectivity index (χ1n) is 12.0. The molecule has 0 atom stereocenters. The lowest BCUT2D eigenvalue weighted by molar-refractivity contribution is -0.384. The van der Waals surface area contributed by atoms with Gasteiger partial charge in [-0.15, -0.1) is 0 Å². The zero-order valence-corrected chi connectivity index (χ0v) is 18.9. The summed E-state index contributed by atoms with van der Waals surface area (Å²) in [6.07, 6.45) is 11.5. The molecular weight excluding hydrogens is 418 g/mol. The fourth-order valence-electron chi connectivity index (χ4n) is 5.06. The van der Waals surface area contributed by atoms with E-state index in [2.05, 4.69) is 10.1 Å². The number of carbonyl (C=O) groups is 1. The van der Waals surface area contributed by atoms with Crippen LogP contribution >= 0.6 is 0 Å². The summed E-state index contributed by atoms with van der Waals surface area (Å²) in [6, 6.07) is 15.9. The van der Waals surface area contributed by atoms with Gasteiger partial charge in [-0.1, -0.05) is 61.9 Å². The van der Waals surface area contributed by atoms with E-state index in [1.54, 1.807) is 36.4 Å². The van der Waals surface area contributed by atoms with Gasteiger partial charge < -0.3 is 9.74 Å². The molecule has 2 saturated carbocycles. The third-order valence-electron chi connectivity index (χ3n) is 6.74. The Kier molecular flexibility index (Phi) is 7.70. The van der Waals surface area contributed by atoms with Crippen molar-refractivity contribution in [1.29, 1.82) is 0 Å². The Morgan fingerprint density at radius 2 is 1.36 bits per heavy atom. The van der Waals surface area contributed by atoms with Crippen LogP contribution in [0.1, 0.15) is 80.1 Å². The summed E-state index contributed by atoms with van der Waals surface area (Å²) >= 11 is 0. The molecule has 0 aromatic heterocycles. The van der Waals surface area contributed by atoms with Crippen molar-refractivity contribution >= 4 is 17.5 Å². The van der Waals surface area contributed by atoms with Crippen LogP contribution in [0.5, 0.6) is 0 Å². The molecule has 0 heterocycles. The van der Waals surface area contributed by atoms with E-state index in [0.717, 1.165) is 31.2 Å². The Hall–Kier alpha value is -3.22. The molecule has 4 rings (SSSR count). The lowest BCUT2D eigenvalue weighted by Crippen LogP contribution is -2.49. The summed E-state index contributed by atoms with van der Waals surface area (Å²) in [5.41, 5.74) is 1.20. The van der Waals surface area contributed by atoms with Gasteiger partial charge in [0.1, 0.15) is 0 Å². The van der Waals surface area contributed by atoms with E-state index >= 15 is 0 Å². The van der Waals surface area contributed by atoms with Crippen molar-refractivity contribution in [3.8, 4) is 0 Å². The molecule has 0 radical (unpaired) electrons. The van der Waals surface area contributed by atoms with Crippen molar-refractivity contribution in [2.45, 2.75) is 76.3 Å². The van der Waals surface area contributed by atoms with E-state index < -0.39 is 10.9 Å². The van der Waals surface area contributed by atoms with Gasteiger partial charge in [0, 0.05) is 29.8 Å². The second kappa shape index (κ2) is 11.1. The van der Waals surface area contributed by atoms with Crippen LogP contribution < -0.4 is 0 Å². The number of nitro benzene ring substituents is 1. The molecule has 2 aromatic carbocycles. The van der Waals surface area contributed by atoms with Gasteiger partial charge in [0.15, 0.2) is 5.84 Å². The van der Waals surface area contributed by atoms with Gasteiger partial charge in [-0.3, -0.25) is 10.1 Å². The molecule has 2 aliphatic carbocycles. The average molecular weight is 450 g/mol. The normalized spacial score (nSPS) is 18.0. The van der Waals surface area contributed by atoms with Gasteiger partial charge in [-0.05, 0) is 49.9 Å². The fraction of sp³-hybridized carbons (Fsp3) is 0.462. The molecular formula is C26H31N3O4. The van der Waals surface area contributed by atoms with Gasteiger partial charge in [0.2, 0.25) is 0 Å². The lowest BCUT2D eigenvalue weighted by atomic mass is 9.88. The van der Waals surface area contributed by atoms with E-state index in [4.69, 9.17) is 4.84 Å². The topological polar surface area (TPSA) is 85.0 Å². The van der Waals surface area contributed by atoms with E-state index in [1.165, 1.54) is 50.7 Å². The van der Waals surface area contributed by atoms with Gasteiger partial charge in [-0.25, -0.2) is 4.79 Å². The summed E-state index contributed by atoms with van der Waals surface area (Å²) in [5, 5.41) is 15.6. The molecule has 174 valence electrons. The number of nitrogens with zero attached hydrogens (tertiary/aromatic N) is 3. The first-order valence-corrected chi connectivity index (χ1v) is 12.0. The molecule has 0 N–H and O–H groups in total. The number of hydrogen-bond donors (Lipinski definition) is 0. The van der Waals surface area contributed by atoms with Crippen LogP contribution in [0.15, 0.2) is 59.8 Å². The Morgan fingerprint density at radius 1 is 0.818 bits per heavy atom. The summed E-state index contributed by atoms with van der Waals surface area (Å²) < 4.78 is 0. The number of hydrogen-bond acceptors (Lipinski definition) is 5. The molecule has 7 nitrogen and oxygen atoms in total. The van der Waals surface area contributed by atoms with E-state index in [0.29, 0.717) is 23.5 Å². The Balaban J connectivity index is 1.70. The number of carbonyl (C=O) groups excluding carboxylic acids is 1. The molecule has 0 amide bonds. The largest absolute Gasteiger partial charge is 0.365 e. The first-order chi connectivity index (χ1) is 16.1. The quantitative estimate of drug-likeness (QED) is 0.175. The van der Waals surface area contributed by atoms with Crippen LogP contribution in [-0.2, 0) is 4.84 Å². The second-order valence-corrected chi connectivity index (χ2v) is 8.95. The fourth-order valence-corrected chi connectivity index (χ4v) is 5.06. The predicted molar refractivity (Wildman–Crippen MR) is 127 cm³/mol. The molecule has 0 aliphatic heterocycles. The molecule has 0 saturated heterocycles. The number of rotatable bonds is 6. The minimum Gasteiger partial charge on any atom is -0.347 e. The smallest absolute Gasteiger partial charge is 0.347 e. The third-order valence-corrected chi connectivity index (χ3v) is 6.74. The number of nitro groups is 1. The molecule has 0 bridgehead atoms. The van der Waals surface area contributed by atoms with Crippen molar-refractivity contribution in [3.05, 3.63) is 75.8 Å². The van der Waals surface area contributed by atoms with Crippen LogP contribution in [0.3, 0.4) is 0 Å². The molecule has 33 heavy (non-hydrogen) atoms. The third kappa shape index (κ3) is 5.78. The van der Waals surface area contributed by atoms with Crippen LogP contribution in [0, 0.1) is 10.1 Å². The van der Waals surface area contributed by atoms with Crippen molar-refractivity contribution in [3.63, 3.8) is 0 Å². The van der Waals surface area contributed by atoms with E-state index in [-0.39, 0.29) is 5.69 Å². The van der Waals surface area contributed by atoms with Gasteiger partial charge in [-0.2, -0.15) is 0 Å². The van der Waals surface area contributed by atoms with Gasteiger partial charge in [0.25, 0.3) is 5.69 Å². The number of amidine groups is 1. The number of oxime groups is 1. The summed E-state index contributed by atoms with van der Waals surface area (Å²) in [7, 11) is 0. The number of non-ortho nitro benzene ring substituents is 1. The van der Waals surface area contributed by atoms with Crippen molar-refractivity contribution in [2.24, 2.45) is 5.16 Å². The maximum Gasteiger partial charge on any atom is 0.365 e. The molecule has 7 heteroatoms. The summed E-state index contributed by atoms with van der Waals surface area (Å²) in [5.74, 6) is 0.0928. The first kappa shape index (κ1) is 23.0. The van der Waals surface area contributed by atoms with Crippen LogP contribution in [0.2, 0.25) is 0 Å². The van der Waals surface area contributed by atoms with Crippen LogP contribution in [0.4, 0.5) is 5.69 Å². The van der Waals surface area contributed by atoms with E-state index in [1.807, 2.05) is 6.07 Å². The highest BCUT2D eigenvalue weighted by molar-refractivity contribution is 6.00. The highest BCUT2D eigenvalue weighted by Crippen LogP contribution is 2.32. The SMILES string of the molecule is O=C(O/N=C(\c1ccc([N+](=O)[O-])cc1)N(C1CCCCC1)C1CCCCC1)c1ccccc1. The van der Waals surface area contributed by atoms with Crippen molar-refractivity contribution in [2.75, 3.05) is 0 Å². The Bertz CT molecular complexity index is 945. The molecule has 0 unspecified atom stereocenters. The average Bonchev–Trinajstić information content (AvgIpc) is 2.88. The van der Waals surface area contributed by atoms with Crippen molar-refractivity contribution < 1.29 is 14.6 Å². The molecule has 0 spiro atoms. The second-order valence-electron chi connectivity index (χ2n) is 8.95. The van der Waals surface area contributed by atoms with Crippen LogP contribution in [0.25, 0.3) is 0 Å². The highest BCUT2D eigenvalue weighted by atomic mass is 16.7. The molecule has 2 aliphatic rings. The lowest BCUT2D eigenvalue weighted by Gasteiger charge is -2.43. The summed E-state index contributed by atoms with van der Waals surface area (Å²) in [4.78, 5) is 31.3. The minimum atomic E-state index is -0.512. The standard InChI is InChI=1S/C26H31N3O4/c30-26(21-10-4-1-5-11-21)33-27-25(20-16-18-24(19-17-20)29(31)32)28(22-12-6-2-7-13-22)23-14-8-3-9-15-23/h1,4-5,10-11,16-19,22-23H,2-3,6-9,12-15H2/b27-25+. The highest BCUT2D eigenvalue weighted by Gasteiger charge is 2.33. The van der Waals surface area contributed by atoms with Gasteiger partial charge in [0.05, 0.1) is 10.5 Å². The minimum absolute atomic E-state index is 0.0289. The van der Waals surface area contributed by atoms with Gasteiger partial charge >= 0.3 is 5.97 Å². The molecule has 2 aromatic rings. The zero-order chi connectivity index (χ0) is 23.0. The van der Waals surface area contributed by atoms with E-state index in [9.17, 15) is 14.9 Å². The molecule has 2 fully saturated rings. The number of benzene rings is 2.